The molecule has 0 bridgehead atoms. The van der Waals surface area contributed by atoms with Crippen molar-refractivity contribution in [2.75, 3.05) is 31.4 Å². The highest BCUT2D eigenvalue weighted by Crippen LogP contribution is 2.21. The first-order valence-electron chi connectivity index (χ1n) is 6.33. The molecule has 2 aromatic carbocycles. The van der Waals surface area contributed by atoms with Crippen LogP contribution < -0.4 is 10.2 Å². The molecule has 0 aliphatic heterocycles. The van der Waals surface area contributed by atoms with Crippen LogP contribution in [0.5, 0.6) is 0 Å². The van der Waals surface area contributed by atoms with E-state index in [1.165, 1.54) is 7.11 Å². The van der Waals surface area contributed by atoms with Crippen molar-refractivity contribution >= 4 is 23.0 Å². The van der Waals surface area contributed by atoms with Crippen LogP contribution in [0.3, 0.4) is 0 Å². The quantitative estimate of drug-likeness (QED) is 0.866. The molecule has 0 radical (unpaired) electrons. The van der Waals surface area contributed by atoms with Gasteiger partial charge in [-0.2, -0.15) is 0 Å². The minimum absolute atomic E-state index is 0.336. The summed E-state index contributed by atoms with van der Waals surface area (Å²) in [6.45, 7) is 0. The number of hydrogen-bond acceptors (Lipinski definition) is 4. The Kier molecular flexibility index (Phi) is 4.25. The molecule has 2 aromatic rings. The van der Waals surface area contributed by atoms with E-state index in [1.807, 2.05) is 55.4 Å². The maximum atomic E-state index is 11.5. The molecule has 0 saturated heterocycles. The number of esters is 1. The van der Waals surface area contributed by atoms with E-state index in [9.17, 15) is 4.79 Å². The van der Waals surface area contributed by atoms with Crippen molar-refractivity contribution in [2.24, 2.45) is 0 Å². The van der Waals surface area contributed by atoms with Gasteiger partial charge < -0.3 is 15.0 Å². The zero-order valence-corrected chi connectivity index (χ0v) is 11.9. The van der Waals surface area contributed by atoms with Crippen LogP contribution in [0.15, 0.2) is 48.5 Å². The average Bonchev–Trinajstić information content (AvgIpc) is 2.47. The second kappa shape index (κ2) is 6.10. The fourth-order valence-corrected chi connectivity index (χ4v) is 1.85. The topological polar surface area (TPSA) is 41.6 Å². The molecule has 1 N–H and O–H groups in total. The van der Waals surface area contributed by atoms with E-state index >= 15 is 0 Å². The number of anilines is 3. The average molecular weight is 270 g/mol. The highest BCUT2D eigenvalue weighted by atomic mass is 16.5. The standard InChI is InChI=1S/C16H18N2O2/c1-18(2)15-9-7-13(8-10-15)17-14-6-4-5-12(11-14)16(19)20-3/h4-11,17H,1-3H3. The molecule has 0 saturated carbocycles. The van der Waals surface area contributed by atoms with Crippen molar-refractivity contribution in [3.63, 3.8) is 0 Å². The van der Waals surface area contributed by atoms with Gasteiger partial charge in [0.2, 0.25) is 0 Å². The van der Waals surface area contributed by atoms with E-state index in [0.717, 1.165) is 17.1 Å². The van der Waals surface area contributed by atoms with Crippen molar-refractivity contribution in [3.05, 3.63) is 54.1 Å². The van der Waals surface area contributed by atoms with Gasteiger partial charge in [-0.25, -0.2) is 4.79 Å². The van der Waals surface area contributed by atoms with Gasteiger partial charge in [0.1, 0.15) is 0 Å². The Labute approximate surface area is 119 Å². The third kappa shape index (κ3) is 3.29. The van der Waals surface area contributed by atoms with Gasteiger partial charge in [0, 0.05) is 31.2 Å². The summed E-state index contributed by atoms with van der Waals surface area (Å²) in [5.41, 5.74) is 3.49. The first-order chi connectivity index (χ1) is 9.60. The van der Waals surface area contributed by atoms with E-state index in [4.69, 9.17) is 4.74 Å². The predicted molar refractivity (Wildman–Crippen MR) is 81.8 cm³/mol. The molecule has 2 rings (SSSR count). The fourth-order valence-electron chi connectivity index (χ4n) is 1.85. The molecule has 0 atom stereocenters. The van der Waals surface area contributed by atoms with E-state index in [0.29, 0.717) is 5.56 Å². The van der Waals surface area contributed by atoms with Crippen molar-refractivity contribution in [2.45, 2.75) is 0 Å². The largest absolute Gasteiger partial charge is 0.465 e. The first kappa shape index (κ1) is 13.9. The smallest absolute Gasteiger partial charge is 0.337 e. The summed E-state index contributed by atoms with van der Waals surface area (Å²) in [4.78, 5) is 13.5. The minimum Gasteiger partial charge on any atom is -0.465 e. The van der Waals surface area contributed by atoms with Crippen molar-refractivity contribution in [1.29, 1.82) is 0 Å². The van der Waals surface area contributed by atoms with Crippen molar-refractivity contribution in [1.82, 2.24) is 0 Å². The predicted octanol–water partition coefficient (Wildman–Crippen LogP) is 3.28. The lowest BCUT2D eigenvalue weighted by Gasteiger charge is -2.13. The summed E-state index contributed by atoms with van der Waals surface area (Å²) in [6, 6.07) is 15.3. The van der Waals surface area contributed by atoms with Crippen LogP contribution in [0.2, 0.25) is 0 Å². The van der Waals surface area contributed by atoms with Gasteiger partial charge in [-0.1, -0.05) is 6.07 Å². The molecule has 20 heavy (non-hydrogen) atoms. The van der Waals surface area contributed by atoms with E-state index < -0.39 is 0 Å². The lowest BCUT2D eigenvalue weighted by Crippen LogP contribution is -2.08. The Hall–Kier alpha value is -2.49. The Bertz CT molecular complexity index is 592. The van der Waals surface area contributed by atoms with Crippen LogP contribution >= 0.6 is 0 Å². The van der Waals surface area contributed by atoms with Gasteiger partial charge in [-0.05, 0) is 42.5 Å². The number of carbonyl (C=O) groups is 1. The van der Waals surface area contributed by atoms with Crippen LogP contribution in [0.4, 0.5) is 17.1 Å². The van der Waals surface area contributed by atoms with E-state index in [-0.39, 0.29) is 5.97 Å². The van der Waals surface area contributed by atoms with Crippen LogP contribution in [0.1, 0.15) is 10.4 Å². The number of nitrogens with zero attached hydrogens (tertiary/aromatic N) is 1. The van der Waals surface area contributed by atoms with Crippen LogP contribution in [-0.2, 0) is 4.74 Å². The Morgan fingerprint density at radius 3 is 2.35 bits per heavy atom. The fraction of sp³-hybridized carbons (Fsp3) is 0.188. The van der Waals surface area contributed by atoms with Crippen LogP contribution in [0.25, 0.3) is 0 Å². The molecule has 0 aliphatic carbocycles. The molecule has 0 spiro atoms. The van der Waals surface area contributed by atoms with Gasteiger partial charge >= 0.3 is 5.97 Å². The maximum Gasteiger partial charge on any atom is 0.337 e. The van der Waals surface area contributed by atoms with Gasteiger partial charge in [-0.15, -0.1) is 0 Å². The SMILES string of the molecule is COC(=O)c1cccc(Nc2ccc(N(C)C)cc2)c1. The second-order valence-electron chi connectivity index (χ2n) is 4.64. The summed E-state index contributed by atoms with van der Waals surface area (Å²) in [5, 5.41) is 3.26. The summed E-state index contributed by atoms with van der Waals surface area (Å²) in [6.07, 6.45) is 0. The monoisotopic (exact) mass is 270 g/mol. The number of ether oxygens (including phenoxy) is 1. The Morgan fingerprint density at radius 2 is 1.75 bits per heavy atom. The zero-order valence-electron chi connectivity index (χ0n) is 11.9. The number of methoxy groups -OCH3 is 1. The molecule has 4 heteroatoms. The van der Waals surface area contributed by atoms with Crippen LogP contribution in [0, 0.1) is 0 Å². The highest BCUT2D eigenvalue weighted by molar-refractivity contribution is 5.90. The molecule has 0 fully saturated rings. The molecule has 0 heterocycles. The number of benzene rings is 2. The Balaban J connectivity index is 2.15. The highest BCUT2D eigenvalue weighted by Gasteiger charge is 2.05. The third-order valence-corrected chi connectivity index (χ3v) is 2.96. The minimum atomic E-state index is -0.336. The molecular formula is C16H18N2O2. The summed E-state index contributed by atoms with van der Waals surface area (Å²) >= 11 is 0. The second-order valence-corrected chi connectivity index (χ2v) is 4.64. The lowest BCUT2D eigenvalue weighted by molar-refractivity contribution is 0.0601. The molecule has 0 unspecified atom stereocenters. The molecule has 104 valence electrons. The zero-order chi connectivity index (χ0) is 14.5. The first-order valence-corrected chi connectivity index (χ1v) is 6.33. The third-order valence-electron chi connectivity index (χ3n) is 2.96. The van der Waals surface area contributed by atoms with Gasteiger partial charge in [0.25, 0.3) is 0 Å². The number of rotatable bonds is 4. The van der Waals surface area contributed by atoms with Crippen molar-refractivity contribution < 1.29 is 9.53 Å². The summed E-state index contributed by atoms with van der Waals surface area (Å²) < 4.78 is 4.71. The molecular weight excluding hydrogens is 252 g/mol. The van der Waals surface area contributed by atoms with Gasteiger partial charge in [0.15, 0.2) is 0 Å². The lowest BCUT2D eigenvalue weighted by atomic mass is 10.2. The number of nitrogens with one attached hydrogen (secondary N) is 1. The molecule has 0 aromatic heterocycles. The van der Waals surface area contributed by atoms with E-state index in [1.54, 1.807) is 12.1 Å². The van der Waals surface area contributed by atoms with E-state index in [2.05, 4.69) is 5.32 Å². The summed E-state index contributed by atoms with van der Waals surface area (Å²) in [5.74, 6) is -0.336. The van der Waals surface area contributed by atoms with Gasteiger partial charge in [0.05, 0.1) is 12.7 Å². The molecule has 0 amide bonds. The normalized spacial score (nSPS) is 9.95. The Morgan fingerprint density at radius 1 is 1.05 bits per heavy atom. The van der Waals surface area contributed by atoms with Crippen LogP contribution in [-0.4, -0.2) is 27.2 Å². The van der Waals surface area contributed by atoms with Crippen molar-refractivity contribution in [3.8, 4) is 0 Å². The molecule has 4 nitrogen and oxygen atoms in total. The van der Waals surface area contributed by atoms with Gasteiger partial charge in [-0.3, -0.25) is 0 Å². The molecule has 0 aliphatic rings. The number of carbonyl (C=O) groups excluding carboxylic acids is 1. The number of hydrogen-bond donors (Lipinski definition) is 1. The summed E-state index contributed by atoms with van der Waals surface area (Å²) in [7, 11) is 5.38. The maximum absolute atomic E-state index is 11.5.